The summed E-state index contributed by atoms with van der Waals surface area (Å²) in [5, 5.41) is 10.5. The molecule has 2 unspecified atom stereocenters. The van der Waals surface area contributed by atoms with E-state index in [2.05, 4.69) is 80.9 Å². The molecule has 1 aliphatic rings. The molecule has 1 aliphatic heterocycles. The molecule has 0 fully saturated rings. The molecule has 1 N–H and O–H groups in total. The molecule has 3 rings (SSSR count). The number of aliphatic carboxylic acids is 1. The molecule has 2 aromatic rings. The van der Waals surface area contributed by atoms with E-state index in [0.29, 0.717) is 6.42 Å². The van der Waals surface area contributed by atoms with E-state index in [4.69, 9.17) is 4.74 Å². The number of unbranched alkanes of at least 4 members (excludes halogenated alkanes) is 18. The number of carboxylic acid groups (broad SMARTS) is 1. The Bertz CT molecular complexity index is 1240. The summed E-state index contributed by atoms with van der Waals surface area (Å²) in [4.78, 5) is 17.5. The van der Waals surface area contributed by atoms with Gasteiger partial charge in [-0.15, -0.1) is 0 Å². The summed E-state index contributed by atoms with van der Waals surface area (Å²) in [5.74, 6) is 0.759. The number of hydrogen-bond acceptors (Lipinski definition) is 4. The molecule has 2 atom stereocenters. The first-order valence-electron chi connectivity index (χ1n) is 22.1. The second kappa shape index (κ2) is 26.1. The van der Waals surface area contributed by atoms with E-state index in [-0.39, 0.29) is 11.8 Å². The molecule has 0 spiro atoms. The lowest BCUT2D eigenvalue weighted by atomic mass is 9.79. The standard InChI is InChI=1S/C47H78N2O3/c1-6-10-14-15-16-17-18-19-20-21-22-23-24-25-26-27-28-39(47(50)51)36-44-42-31-29-40(48(5)33-11-7-2)37-45(42)52-46-38-41(30-32-43(44)46)49(34-12-8-3)35-13-9-4/h29-32,37-39,44H,6-28,33-36H2,1-5H3,(H,50,51). The Labute approximate surface area is 320 Å². The van der Waals surface area contributed by atoms with Crippen LogP contribution in [0.15, 0.2) is 36.4 Å². The first-order valence-corrected chi connectivity index (χ1v) is 22.1. The number of carbonyl (C=O) groups is 1. The minimum absolute atomic E-state index is 0.00434. The van der Waals surface area contributed by atoms with Crippen LogP contribution in [0.25, 0.3) is 0 Å². The molecule has 0 amide bonds. The Morgan fingerprint density at radius 1 is 0.596 bits per heavy atom. The van der Waals surface area contributed by atoms with Crippen LogP contribution in [0.5, 0.6) is 11.5 Å². The first kappa shape index (κ1) is 43.7. The van der Waals surface area contributed by atoms with Crippen LogP contribution in [0, 0.1) is 5.92 Å². The molecular weight excluding hydrogens is 641 g/mol. The molecule has 294 valence electrons. The van der Waals surface area contributed by atoms with Gasteiger partial charge in [0.1, 0.15) is 11.5 Å². The van der Waals surface area contributed by atoms with E-state index < -0.39 is 5.97 Å². The van der Waals surface area contributed by atoms with E-state index in [9.17, 15) is 9.90 Å². The number of carboxylic acids is 1. The summed E-state index contributed by atoms with van der Waals surface area (Å²) in [5.41, 5.74) is 4.62. The highest BCUT2D eigenvalue weighted by Crippen LogP contribution is 2.49. The maximum atomic E-state index is 12.7. The average Bonchev–Trinajstić information content (AvgIpc) is 3.15. The predicted octanol–water partition coefficient (Wildman–Crippen LogP) is 14.3. The van der Waals surface area contributed by atoms with Gasteiger partial charge < -0.3 is 19.6 Å². The van der Waals surface area contributed by atoms with Gasteiger partial charge in [-0.2, -0.15) is 0 Å². The number of hydrogen-bond donors (Lipinski definition) is 1. The summed E-state index contributed by atoms with van der Waals surface area (Å²) in [6.07, 6.45) is 29.6. The molecule has 0 radical (unpaired) electrons. The van der Waals surface area contributed by atoms with Gasteiger partial charge in [0.2, 0.25) is 0 Å². The molecule has 0 aromatic heterocycles. The molecular formula is C47H78N2O3. The zero-order chi connectivity index (χ0) is 37.4. The fourth-order valence-corrected chi connectivity index (χ4v) is 7.93. The van der Waals surface area contributed by atoms with Crippen molar-refractivity contribution in [3.05, 3.63) is 47.5 Å². The fraction of sp³-hybridized carbons (Fsp3) is 0.723. The van der Waals surface area contributed by atoms with Crippen molar-refractivity contribution in [2.24, 2.45) is 5.92 Å². The zero-order valence-electron chi connectivity index (χ0n) is 34.4. The van der Waals surface area contributed by atoms with Gasteiger partial charge in [0.15, 0.2) is 0 Å². The van der Waals surface area contributed by atoms with Gasteiger partial charge in [-0.25, -0.2) is 0 Å². The van der Waals surface area contributed by atoms with Gasteiger partial charge >= 0.3 is 5.97 Å². The topological polar surface area (TPSA) is 53.0 Å². The lowest BCUT2D eigenvalue weighted by Gasteiger charge is -2.33. The number of nitrogens with zero attached hydrogens (tertiary/aromatic N) is 2. The Hall–Kier alpha value is -2.69. The van der Waals surface area contributed by atoms with Crippen molar-refractivity contribution in [2.45, 2.75) is 188 Å². The van der Waals surface area contributed by atoms with Crippen molar-refractivity contribution in [3.8, 4) is 11.5 Å². The van der Waals surface area contributed by atoms with E-state index >= 15 is 0 Å². The second-order valence-electron chi connectivity index (χ2n) is 15.9. The van der Waals surface area contributed by atoms with Crippen LogP contribution in [0.4, 0.5) is 11.4 Å². The Morgan fingerprint density at radius 3 is 1.50 bits per heavy atom. The highest BCUT2D eigenvalue weighted by atomic mass is 16.5. The highest BCUT2D eigenvalue weighted by Gasteiger charge is 2.32. The molecule has 0 aliphatic carbocycles. The molecule has 52 heavy (non-hydrogen) atoms. The van der Waals surface area contributed by atoms with Crippen molar-refractivity contribution in [3.63, 3.8) is 0 Å². The van der Waals surface area contributed by atoms with Crippen LogP contribution in [-0.2, 0) is 4.79 Å². The van der Waals surface area contributed by atoms with Crippen LogP contribution >= 0.6 is 0 Å². The minimum Gasteiger partial charge on any atom is -0.481 e. The van der Waals surface area contributed by atoms with E-state index in [1.807, 2.05) is 0 Å². The summed E-state index contributed by atoms with van der Waals surface area (Å²) < 4.78 is 6.74. The number of rotatable bonds is 31. The Morgan fingerprint density at radius 2 is 1.02 bits per heavy atom. The second-order valence-corrected chi connectivity index (χ2v) is 15.9. The quantitative estimate of drug-likeness (QED) is 0.0787. The lowest BCUT2D eigenvalue weighted by Crippen LogP contribution is -2.26. The Balaban J connectivity index is 1.59. The van der Waals surface area contributed by atoms with Gasteiger partial charge in [-0.3, -0.25) is 4.79 Å². The van der Waals surface area contributed by atoms with Crippen LogP contribution in [0.1, 0.15) is 199 Å². The summed E-state index contributed by atoms with van der Waals surface area (Å²) in [6.45, 7) is 12.1. The van der Waals surface area contributed by atoms with Crippen molar-refractivity contribution >= 4 is 17.3 Å². The lowest BCUT2D eigenvalue weighted by molar-refractivity contribution is -0.142. The molecule has 5 nitrogen and oxygen atoms in total. The maximum absolute atomic E-state index is 12.7. The average molecular weight is 719 g/mol. The van der Waals surface area contributed by atoms with Gasteiger partial charge in [-0.1, -0.05) is 162 Å². The first-order chi connectivity index (χ1) is 25.4. The normalized spacial score (nSPS) is 14.1. The van der Waals surface area contributed by atoms with Crippen LogP contribution in [-0.4, -0.2) is 37.8 Å². The number of ether oxygens (including phenoxy) is 1. The molecule has 5 heteroatoms. The third-order valence-electron chi connectivity index (χ3n) is 11.5. The minimum atomic E-state index is -0.659. The Kier molecular flexibility index (Phi) is 22.0. The van der Waals surface area contributed by atoms with Crippen molar-refractivity contribution in [1.82, 2.24) is 0 Å². The predicted molar refractivity (Wildman–Crippen MR) is 225 cm³/mol. The van der Waals surface area contributed by atoms with Crippen LogP contribution in [0.3, 0.4) is 0 Å². The number of benzene rings is 2. The molecule has 1 heterocycles. The van der Waals surface area contributed by atoms with E-state index in [0.717, 1.165) is 80.1 Å². The molecule has 0 saturated carbocycles. The molecule has 2 aromatic carbocycles. The summed E-state index contributed by atoms with van der Waals surface area (Å²) in [6, 6.07) is 13.3. The van der Waals surface area contributed by atoms with Gasteiger partial charge in [-0.05, 0) is 44.2 Å². The van der Waals surface area contributed by atoms with E-state index in [1.54, 1.807) is 0 Å². The summed E-state index contributed by atoms with van der Waals surface area (Å²) in [7, 11) is 2.15. The van der Waals surface area contributed by atoms with Crippen molar-refractivity contribution in [1.29, 1.82) is 0 Å². The van der Waals surface area contributed by atoms with Gasteiger partial charge in [0, 0.05) is 67.2 Å². The maximum Gasteiger partial charge on any atom is 0.306 e. The number of fused-ring (bicyclic) bond motifs is 2. The smallest absolute Gasteiger partial charge is 0.306 e. The molecule has 0 saturated heterocycles. The summed E-state index contributed by atoms with van der Waals surface area (Å²) >= 11 is 0. The fourth-order valence-electron chi connectivity index (χ4n) is 7.93. The largest absolute Gasteiger partial charge is 0.481 e. The van der Waals surface area contributed by atoms with E-state index in [1.165, 1.54) is 121 Å². The van der Waals surface area contributed by atoms with Crippen LogP contribution < -0.4 is 14.5 Å². The monoisotopic (exact) mass is 719 g/mol. The SMILES string of the molecule is CCCCCCCCCCCCCCCCCCC(CC1c2ccc(N(C)CCCC)cc2Oc2cc(N(CCCC)CCCC)ccc21)C(=O)O. The van der Waals surface area contributed by atoms with Gasteiger partial charge in [0.25, 0.3) is 0 Å². The van der Waals surface area contributed by atoms with Crippen molar-refractivity contribution in [2.75, 3.05) is 36.5 Å². The zero-order valence-corrected chi connectivity index (χ0v) is 34.4. The van der Waals surface area contributed by atoms with Crippen LogP contribution in [0.2, 0.25) is 0 Å². The highest BCUT2D eigenvalue weighted by molar-refractivity contribution is 5.71. The third-order valence-corrected chi connectivity index (χ3v) is 11.5. The van der Waals surface area contributed by atoms with Gasteiger partial charge in [0.05, 0.1) is 5.92 Å². The molecule has 0 bridgehead atoms. The van der Waals surface area contributed by atoms with Crippen molar-refractivity contribution < 1.29 is 14.6 Å². The number of anilines is 2. The third kappa shape index (κ3) is 15.3.